The summed E-state index contributed by atoms with van der Waals surface area (Å²) in [6.45, 7) is 4.99. The Balaban J connectivity index is 2.96. The maximum absolute atomic E-state index is 12.2. The highest BCUT2D eigenvalue weighted by Crippen LogP contribution is 2.15. The van der Waals surface area contributed by atoms with Gasteiger partial charge in [0.25, 0.3) is 5.69 Å². The van der Waals surface area contributed by atoms with Gasteiger partial charge in [-0.1, -0.05) is 13.8 Å². The summed E-state index contributed by atoms with van der Waals surface area (Å²) < 4.78 is 0. The second-order valence-corrected chi connectivity index (χ2v) is 4.59. The maximum Gasteiger partial charge on any atom is 0.269 e. The Morgan fingerprint density at radius 1 is 1.21 bits per heavy atom. The van der Waals surface area contributed by atoms with Crippen LogP contribution in [0.2, 0.25) is 0 Å². The normalized spacial score (nSPS) is 12.0. The molecule has 0 aliphatic carbocycles. The minimum atomic E-state index is -0.626. The molecule has 0 aromatic heterocycles. The van der Waals surface area contributed by atoms with Gasteiger partial charge in [0.1, 0.15) is 0 Å². The van der Waals surface area contributed by atoms with E-state index >= 15 is 0 Å². The summed E-state index contributed by atoms with van der Waals surface area (Å²) in [5, 5.41) is 13.1. The summed E-state index contributed by atoms with van der Waals surface area (Å²) in [7, 11) is 0. The van der Waals surface area contributed by atoms with E-state index in [1.165, 1.54) is 31.2 Å². The van der Waals surface area contributed by atoms with Crippen molar-refractivity contribution in [1.29, 1.82) is 0 Å². The molecule has 0 fully saturated rings. The average molecular weight is 264 g/mol. The lowest BCUT2D eigenvalue weighted by Crippen LogP contribution is -2.43. The van der Waals surface area contributed by atoms with Crippen LogP contribution in [0.3, 0.4) is 0 Å². The lowest BCUT2D eigenvalue weighted by molar-refractivity contribution is -0.384. The predicted molar refractivity (Wildman–Crippen MR) is 69.9 cm³/mol. The number of rotatable bonds is 5. The molecule has 6 nitrogen and oxygen atoms in total. The number of nitrogens with one attached hydrogen (secondary N) is 1. The molecule has 0 bridgehead atoms. The second kappa shape index (κ2) is 6.08. The summed E-state index contributed by atoms with van der Waals surface area (Å²) in [5.41, 5.74) is 0.273. The fourth-order valence-corrected chi connectivity index (χ4v) is 1.68. The molecular weight excluding hydrogens is 248 g/mol. The van der Waals surface area contributed by atoms with Crippen molar-refractivity contribution in [3.63, 3.8) is 0 Å². The van der Waals surface area contributed by atoms with E-state index in [0.29, 0.717) is 5.56 Å². The third kappa shape index (κ3) is 3.87. The smallest absolute Gasteiger partial charge is 0.269 e. The standard InChI is InChI=1S/C13H16N2O4/c1-8(2)12(14-9(3)16)13(17)10-4-6-11(7-5-10)15(18)19/h4-8,12H,1-3H3,(H,14,16). The highest BCUT2D eigenvalue weighted by atomic mass is 16.6. The number of nitro groups is 1. The molecule has 0 saturated heterocycles. The highest BCUT2D eigenvalue weighted by Gasteiger charge is 2.24. The fourth-order valence-electron chi connectivity index (χ4n) is 1.68. The van der Waals surface area contributed by atoms with Crippen molar-refractivity contribution in [2.75, 3.05) is 0 Å². The zero-order valence-corrected chi connectivity index (χ0v) is 11.0. The van der Waals surface area contributed by atoms with Crippen LogP contribution in [0.25, 0.3) is 0 Å². The molecule has 1 atom stereocenters. The van der Waals surface area contributed by atoms with Crippen LogP contribution in [-0.2, 0) is 4.79 Å². The van der Waals surface area contributed by atoms with Crippen molar-refractivity contribution in [3.05, 3.63) is 39.9 Å². The Morgan fingerprint density at radius 3 is 2.11 bits per heavy atom. The van der Waals surface area contributed by atoms with Crippen LogP contribution in [0.15, 0.2) is 24.3 Å². The van der Waals surface area contributed by atoms with Crippen LogP contribution >= 0.6 is 0 Å². The van der Waals surface area contributed by atoms with Gasteiger partial charge in [-0.2, -0.15) is 0 Å². The second-order valence-electron chi connectivity index (χ2n) is 4.59. The number of benzene rings is 1. The van der Waals surface area contributed by atoms with E-state index in [9.17, 15) is 19.7 Å². The van der Waals surface area contributed by atoms with Crippen molar-refractivity contribution in [1.82, 2.24) is 5.32 Å². The van der Waals surface area contributed by atoms with E-state index in [4.69, 9.17) is 0 Å². The first kappa shape index (κ1) is 14.8. The van der Waals surface area contributed by atoms with Crippen molar-refractivity contribution >= 4 is 17.4 Å². The molecule has 0 spiro atoms. The molecule has 1 rings (SSSR count). The number of nitrogens with zero attached hydrogens (tertiary/aromatic N) is 1. The molecule has 1 N–H and O–H groups in total. The van der Waals surface area contributed by atoms with Crippen molar-refractivity contribution in [3.8, 4) is 0 Å². The van der Waals surface area contributed by atoms with Gasteiger partial charge >= 0.3 is 0 Å². The molecule has 0 heterocycles. The van der Waals surface area contributed by atoms with Gasteiger partial charge in [-0.15, -0.1) is 0 Å². The number of nitro benzene ring substituents is 1. The maximum atomic E-state index is 12.2. The number of hydrogen-bond acceptors (Lipinski definition) is 4. The van der Waals surface area contributed by atoms with Crippen molar-refractivity contribution < 1.29 is 14.5 Å². The van der Waals surface area contributed by atoms with Crippen LogP contribution < -0.4 is 5.32 Å². The number of amides is 1. The molecule has 19 heavy (non-hydrogen) atoms. The van der Waals surface area contributed by atoms with E-state index in [-0.39, 0.29) is 23.3 Å². The van der Waals surface area contributed by atoms with Gasteiger partial charge < -0.3 is 5.32 Å². The van der Waals surface area contributed by atoms with Crippen LogP contribution in [-0.4, -0.2) is 22.7 Å². The fraction of sp³-hybridized carbons (Fsp3) is 0.385. The number of non-ortho nitro benzene ring substituents is 1. The van der Waals surface area contributed by atoms with Crippen molar-refractivity contribution in [2.24, 2.45) is 5.92 Å². The molecule has 0 aliphatic rings. The molecular formula is C13H16N2O4. The molecule has 6 heteroatoms. The SMILES string of the molecule is CC(=O)NC(C(=O)c1ccc([N+](=O)[O-])cc1)C(C)C. The van der Waals surface area contributed by atoms with E-state index in [0.717, 1.165) is 0 Å². The third-order valence-electron chi connectivity index (χ3n) is 2.67. The van der Waals surface area contributed by atoms with Gasteiger partial charge in [-0.25, -0.2) is 0 Å². The minimum absolute atomic E-state index is 0.0633. The Kier molecular flexibility index (Phi) is 4.74. The first-order chi connectivity index (χ1) is 8.82. The topological polar surface area (TPSA) is 89.3 Å². The average Bonchev–Trinajstić information content (AvgIpc) is 2.34. The monoisotopic (exact) mass is 264 g/mol. The van der Waals surface area contributed by atoms with Gasteiger partial charge in [0.2, 0.25) is 5.91 Å². The zero-order valence-electron chi connectivity index (χ0n) is 11.0. The molecule has 0 aliphatic heterocycles. The number of Topliss-reactive ketones (excluding diaryl/α,β-unsaturated/α-hetero) is 1. The predicted octanol–water partition coefficient (Wildman–Crippen LogP) is 1.94. The number of carbonyl (C=O) groups excluding carboxylic acids is 2. The molecule has 1 aromatic carbocycles. The highest BCUT2D eigenvalue weighted by molar-refractivity contribution is 6.02. The van der Waals surface area contributed by atoms with Crippen LogP contribution in [0.1, 0.15) is 31.1 Å². The number of ketones is 1. The van der Waals surface area contributed by atoms with Gasteiger partial charge in [0.15, 0.2) is 5.78 Å². The Bertz CT molecular complexity index is 494. The van der Waals surface area contributed by atoms with E-state index in [2.05, 4.69) is 5.32 Å². The number of carbonyl (C=O) groups is 2. The summed E-state index contributed by atoms with van der Waals surface area (Å²) >= 11 is 0. The lowest BCUT2D eigenvalue weighted by Gasteiger charge is -2.20. The number of hydrogen-bond donors (Lipinski definition) is 1. The Morgan fingerprint density at radius 2 is 1.74 bits per heavy atom. The van der Waals surface area contributed by atoms with Gasteiger partial charge in [0.05, 0.1) is 11.0 Å². The molecule has 1 amide bonds. The lowest BCUT2D eigenvalue weighted by atomic mass is 9.95. The third-order valence-corrected chi connectivity index (χ3v) is 2.67. The van der Waals surface area contributed by atoms with Crippen molar-refractivity contribution in [2.45, 2.75) is 26.8 Å². The van der Waals surface area contributed by atoms with Gasteiger partial charge in [-0.05, 0) is 18.1 Å². The molecule has 1 unspecified atom stereocenters. The summed E-state index contributed by atoms with van der Waals surface area (Å²) in [6.07, 6.45) is 0. The van der Waals surface area contributed by atoms with Gasteiger partial charge in [-0.3, -0.25) is 19.7 Å². The Labute approximate surface area is 111 Å². The first-order valence-corrected chi connectivity index (χ1v) is 5.88. The van der Waals surface area contributed by atoms with E-state index < -0.39 is 11.0 Å². The van der Waals surface area contributed by atoms with Crippen LogP contribution in [0.5, 0.6) is 0 Å². The minimum Gasteiger partial charge on any atom is -0.346 e. The molecule has 102 valence electrons. The zero-order chi connectivity index (χ0) is 14.6. The van der Waals surface area contributed by atoms with Crippen LogP contribution in [0, 0.1) is 16.0 Å². The summed E-state index contributed by atoms with van der Waals surface area (Å²) in [6, 6.07) is 4.73. The van der Waals surface area contributed by atoms with E-state index in [1.54, 1.807) is 0 Å². The molecule has 1 aromatic rings. The Hall–Kier alpha value is -2.24. The first-order valence-electron chi connectivity index (χ1n) is 5.88. The molecule has 0 radical (unpaired) electrons. The molecule has 0 saturated carbocycles. The quantitative estimate of drug-likeness (QED) is 0.500. The largest absolute Gasteiger partial charge is 0.346 e. The van der Waals surface area contributed by atoms with E-state index in [1.807, 2.05) is 13.8 Å². The summed E-state index contributed by atoms with van der Waals surface area (Å²) in [4.78, 5) is 33.3. The summed E-state index contributed by atoms with van der Waals surface area (Å²) in [5.74, 6) is -0.597. The van der Waals surface area contributed by atoms with Gasteiger partial charge in [0, 0.05) is 24.6 Å². The van der Waals surface area contributed by atoms with Crippen LogP contribution in [0.4, 0.5) is 5.69 Å².